The van der Waals surface area contributed by atoms with Crippen molar-refractivity contribution >= 4 is 11.6 Å². The highest BCUT2D eigenvalue weighted by atomic mass is 35.5. The Hall–Kier alpha value is -0.530. The van der Waals surface area contributed by atoms with Crippen molar-refractivity contribution < 1.29 is 0 Å². The number of rotatable bonds is 4. The summed E-state index contributed by atoms with van der Waals surface area (Å²) < 4.78 is 0. The Bertz CT molecular complexity index is 345. The molecule has 17 heavy (non-hydrogen) atoms. The van der Waals surface area contributed by atoms with E-state index in [-0.39, 0.29) is 0 Å². The van der Waals surface area contributed by atoms with E-state index in [2.05, 4.69) is 24.4 Å². The third-order valence-electron chi connectivity index (χ3n) is 3.81. The second-order valence-corrected chi connectivity index (χ2v) is 5.56. The van der Waals surface area contributed by atoms with Crippen molar-refractivity contribution in [3.05, 3.63) is 34.9 Å². The quantitative estimate of drug-likeness (QED) is 0.827. The molecule has 0 heterocycles. The lowest BCUT2D eigenvalue weighted by Crippen LogP contribution is -2.27. The first-order valence-corrected chi connectivity index (χ1v) is 7.13. The summed E-state index contributed by atoms with van der Waals surface area (Å²) in [7, 11) is 0. The monoisotopic (exact) mass is 251 g/mol. The van der Waals surface area contributed by atoms with Gasteiger partial charge in [-0.2, -0.15) is 0 Å². The highest BCUT2D eigenvalue weighted by Gasteiger charge is 2.15. The maximum Gasteiger partial charge on any atom is 0.0453 e. The average Bonchev–Trinajstić information content (AvgIpc) is 2.38. The minimum Gasteiger partial charge on any atom is -0.310 e. The van der Waals surface area contributed by atoms with Crippen molar-refractivity contribution in [2.75, 3.05) is 6.54 Å². The van der Waals surface area contributed by atoms with Crippen LogP contribution in [0.15, 0.2) is 24.3 Å². The largest absolute Gasteiger partial charge is 0.310 e. The van der Waals surface area contributed by atoms with Crippen molar-refractivity contribution in [3.8, 4) is 0 Å². The second kappa shape index (κ2) is 6.42. The van der Waals surface area contributed by atoms with Crippen molar-refractivity contribution in [1.82, 2.24) is 5.32 Å². The summed E-state index contributed by atoms with van der Waals surface area (Å²) in [6.07, 6.45) is 7.03. The first kappa shape index (κ1) is 12.9. The molecule has 1 aromatic carbocycles. The van der Waals surface area contributed by atoms with Crippen LogP contribution < -0.4 is 5.32 Å². The lowest BCUT2D eigenvalue weighted by atomic mass is 9.89. The molecule has 1 nitrogen and oxygen atoms in total. The predicted octanol–water partition coefficient (Wildman–Crippen LogP) is 4.57. The van der Waals surface area contributed by atoms with Crippen LogP contribution in [0.25, 0.3) is 0 Å². The molecule has 0 amide bonds. The molecule has 0 unspecified atom stereocenters. The molecule has 1 aromatic rings. The number of benzene rings is 1. The molecule has 2 rings (SSSR count). The Labute approximate surface area is 110 Å². The topological polar surface area (TPSA) is 12.0 Å². The van der Waals surface area contributed by atoms with E-state index in [1.807, 2.05) is 12.1 Å². The van der Waals surface area contributed by atoms with Crippen LogP contribution in [0.4, 0.5) is 0 Å². The Morgan fingerprint density at radius 1 is 1.24 bits per heavy atom. The minimum absolute atomic E-state index is 0.352. The van der Waals surface area contributed by atoms with E-state index in [4.69, 9.17) is 11.6 Å². The van der Waals surface area contributed by atoms with Crippen molar-refractivity contribution in [2.24, 2.45) is 5.92 Å². The molecule has 0 bridgehead atoms. The highest BCUT2D eigenvalue weighted by Crippen LogP contribution is 2.25. The van der Waals surface area contributed by atoms with Crippen LogP contribution in [0.2, 0.25) is 5.02 Å². The van der Waals surface area contributed by atoms with Crippen molar-refractivity contribution in [3.63, 3.8) is 0 Å². The SMILES string of the molecule is C[C@H](NCC1CCCCC1)c1ccccc1Cl. The van der Waals surface area contributed by atoms with E-state index in [0.29, 0.717) is 6.04 Å². The molecular weight excluding hydrogens is 230 g/mol. The average molecular weight is 252 g/mol. The van der Waals surface area contributed by atoms with E-state index in [1.54, 1.807) is 0 Å². The van der Waals surface area contributed by atoms with Crippen LogP contribution in [0.5, 0.6) is 0 Å². The Morgan fingerprint density at radius 2 is 1.94 bits per heavy atom. The van der Waals surface area contributed by atoms with Gasteiger partial charge in [0.15, 0.2) is 0 Å². The number of hydrogen-bond acceptors (Lipinski definition) is 1. The molecule has 1 aliphatic rings. The molecule has 0 radical (unpaired) electrons. The Morgan fingerprint density at radius 3 is 2.65 bits per heavy atom. The molecule has 0 saturated heterocycles. The van der Waals surface area contributed by atoms with Gasteiger partial charge in [-0.1, -0.05) is 49.1 Å². The first-order valence-electron chi connectivity index (χ1n) is 6.75. The summed E-state index contributed by atoms with van der Waals surface area (Å²) in [6, 6.07) is 8.47. The highest BCUT2D eigenvalue weighted by molar-refractivity contribution is 6.31. The summed E-state index contributed by atoms with van der Waals surface area (Å²) in [5.74, 6) is 0.869. The van der Waals surface area contributed by atoms with Gasteiger partial charge in [-0.3, -0.25) is 0 Å². The lowest BCUT2D eigenvalue weighted by Gasteiger charge is -2.24. The van der Waals surface area contributed by atoms with Crippen LogP contribution in [0.3, 0.4) is 0 Å². The second-order valence-electron chi connectivity index (χ2n) is 5.16. The summed E-state index contributed by atoms with van der Waals surface area (Å²) in [5, 5.41) is 4.50. The van der Waals surface area contributed by atoms with E-state index in [0.717, 1.165) is 17.5 Å². The molecular formula is C15H22ClN. The van der Waals surface area contributed by atoms with Gasteiger partial charge in [0, 0.05) is 11.1 Å². The van der Waals surface area contributed by atoms with Crippen molar-refractivity contribution in [2.45, 2.75) is 45.1 Å². The zero-order valence-corrected chi connectivity index (χ0v) is 11.3. The predicted molar refractivity (Wildman–Crippen MR) is 74.4 cm³/mol. The van der Waals surface area contributed by atoms with Crippen LogP contribution in [-0.4, -0.2) is 6.54 Å². The molecule has 0 aromatic heterocycles. The van der Waals surface area contributed by atoms with E-state index < -0.39 is 0 Å². The van der Waals surface area contributed by atoms with Crippen LogP contribution in [0.1, 0.15) is 50.6 Å². The Balaban J connectivity index is 1.84. The fourth-order valence-electron chi connectivity index (χ4n) is 2.67. The number of halogens is 1. The summed E-state index contributed by atoms with van der Waals surface area (Å²) in [4.78, 5) is 0. The Kier molecular flexibility index (Phi) is 4.87. The van der Waals surface area contributed by atoms with E-state index >= 15 is 0 Å². The van der Waals surface area contributed by atoms with Gasteiger partial charge in [0.1, 0.15) is 0 Å². The van der Waals surface area contributed by atoms with Crippen LogP contribution >= 0.6 is 11.6 Å². The molecule has 1 aliphatic carbocycles. The van der Waals surface area contributed by atoms with E-state index in [9.17, 15) is 0 Å². The molecule has 1 saturated carbocycles. The molecule has 0 aliphatic heterocycles. The zero-order chi connectivity index (χ0) is 12.1. The fraction of sp³-hybridized carbons (Fsp3) is 0.600. The van der Waals surface area contributed by atoms with Gasteiger partial charge in [-0.15, -0.1) is 0 Å². The van der Waals surface area contributed by atoms with Gasteiger partial charge >= 0.3 is 0 Å². The van der Waals surface area contributed by atoms with Crippen molar-refractivity contribution in [1.29, 1.82) is 0 Å². The minimum atomic E-state index is 0.352. The summed E-state index contributed by atoms with van der Waals surface area (Å²) in [5.41, 5.74) is 1.21. The standard InChI is InChI=1S/C15H22ClN/c1-12(14-9-5-6-10-15(14)16)17-11-13-7-3-2-4-8-13/h5-6,9-10,12-13,17H,2-4,7-8,11H2,1H3/t12-/m0/s1. The first-order chi connectivity index (χ1) is 8.27. The maximum absolute atomic E-state index is 6.20. The number of nitrogens with one attached hydrogen (secondary N) is 1. The molecule has 1 N–H and O–H groups in total. The maximum atomic E-state index is 6.20. The van der Waals surface area contributed by atoms with Gasteiger partial charge in [0.05, 0.1) is 0 Å². The molecule has 2 heteroatoms. The summed E-state index contributed by atoms with van der Waals surface area (Å²) >= 11 is 6.20. The number of hydrogen-bond donors (Lipinski definition) is 1. The molecule has 1 atom stereocenters. The smallest absolute Gasteiger partial charge is 0.0453 e. The molecule has 1 fully saturated rings. The molecule has 94 valence electrons. The van der Waals surface area contributed by atoms with Gasteiger partial charge in [-0.05, 0) is 43.9 Å². The zero-order valence-electron chi connectivity index (χ0n) is 10.6. The normalized spacial score (nSPS) is 19.2. The van der Waals surface area contributed by atoms with E-state index in [1.165, 1.54) is 37.7 Å². The van der Waals surface area contributed by atoms with Gasteiger partial charge in [-0.25, -0.2) is 0 Å². The third-order valence-corrected chi connectivity index (χ3v) is 4.15. The molecule has 0 spiro atoms. The van der Waals surface area contributed by atoms with Crippen LogP contribution in [-0.2, 0) is 0 Å². The van der Waals surface area contributed by atoms with Crippen LogP contribution in [0, 0.1) is 5.92 Å². The summed E-state index contributed by atoms with van der Waals surface area (Å²) in [6.45, 7) is 3.33. The fourth-order valence-corrected chi connectivity index (χ4v) is 2.97. The van der Waals surface area contributed by atoms with Gasteiger partial charge < -0.3 is 5.32 Å². The third kappa shape index (κ3) is 3.72. The lowest BCUT2D eigenvalue weighted by molar-refractivity contribution is 0.331. The van der Waals surface area contributed by atoms with Gasteiger partial charge in [0.2, 0.25) is 0 Å². The van der Waals surface area contributed by atoms with Gasteiger partial charge in [0.25, 0.3) is 0 Å².